The van der Waals surface area contributed by atoms with Crippen molar-refractivity contribution < 1.29 is 22.4 Å². The van der Waals surface area contributed by atoms with Gasteiger partial charge in [-0.2, -0.15) is 33.7 Å². The van der Waals surface area contributed by atoms with Gasteiger partial charge in [-0.3, -0.25) is 4.79 Å². The molecular weight excluding hydrogens is 455 g/mol. The number of hydrogen-bond acceptors (Lipinski definition) is 8. The number of pyridine rings is 2. The average Bonchev–Trinajstić information content (AvgIpc) is 3.58. The van der Waals surface area contributed by atoms with Crippen molar-refractivity contribution in [2.45, 2.75) is 6.18 Å². The Hall–Kier alpha value is -5.06. The summed E-state index contributed by atoms with van der Waals surface area (Å²) < 4.78 is 47.8. The van der Waals surface area contributed by atoms with Crippen LogP contribution in [0.4, 0.5) is 18.9 Å². The molecule has 0 aliphatic rings. The van der Waals surface area contributed by atoms with E-state index in [0.717, 1.165) is 11.0 Å². The number of nitrogens with zero attached hydrogens (tertiary/aromatic N) is 8. The molecule has 0 saturated heterocycles. The fraction of sp³-hybridized carbons (Fsp3) is 0.0500. The lowest BCUT2D eigenvalue weighted by molar-refractivity contribution is -0.143. The normalized spacial score (nSPS) is 11.5. The van der Waals surface area contributed by atoms with Crippen LogP contribution in [0.5, 0.6) is 0 Å². The van der Waals surface area contributed by atoms with E-state index in [2.05, 4.69) is 30.6 Å². The third-order valence-electron chi connectivity index (χ3n) is 4.69. The summed E-state index contributed by atoms with van der Waals surface area (Å²) in [5, 5.41) is 23.7. The topological polar surface area (TPSA) is 140 Å². The lowest BCUT2D eigenvalue weighted by Gasteiger charge is -2.12. The molecule has 0 spiro atoms. The molecule has 5 rings (SSSR count). The molecule has 0 unspecified atom stereocenters. The summed E-state index contributed by atoms with van der Waals surface area (Å²) in [7, 11) is 0. The molecule has 0 aromatic carbocycles. The highest BCUT2D eigenvalue weighted by Gasteiger charge is 2.41. The average molecular weight is 465 g/mol. The Balaban J connectivity index is 1.53. The van der Waals surface area contributed by atoms with Gasteiger partial charge < -0.3 is 9.73 Å². The van der Waals surface area contributed by atoms with E-state index in [-0.39, 0.29) is 28.5 Å². The van der Waals surface area contributed by atoms with Gasteiger partial charge in [0, 0.05) is 11.6 Å². The molecule has 5 aromatic rings. The summed E-state index contributed by atoms with van der Waals surface area (Å²) in [5.74, 6) is -1.24. The number of rotatable bonds is 4. The van der Waals surface area contributed by atoms with Crippen molar-refractivity contribution >= 4 is 22.6 Å². The van der Waals surface area contributed by atoms with Crippen molar-refractivity contribution in [3.8, 4) is 17.7 Å². The first kappa shape index (κ1) is 20.8. The zero-order valence-electron chi connectivity index (χ0n) is 16.7. The molecule has 11 nitrogen and oxygen atoms in total. The molecule has 5 aromatic heterocycles. The van der Waals surface area contributed by atoms with E-state index < -0.39 is 23.3 Å². The monoisotopic (exact) mass is 465 g/mol. The Bertz CT molecular complexity index is 1560. The molecule has 0 radical (unpaired) electrons. The number of amides is 1. The smallest absolute Gasteiger partial charge is 0.434 e. The van der Waals surface area contributed by atoms with Gasteiger partial charge in [-0.25, -0.2) is 14.6 Å². The first-order valence-corrected chi connectivity index (χ1v) is 9.43. The Kier molecular flexibility index (Phi) is 4.79. The molecule has 168 valence electrons. The highest BCUT2D eigenvalue weighted by atomic mass is 19.4. The third kappa shape index (κ3) is 3.50. The van der Waals surface area contributed by atoms with Gasteiger partial charge in [0.15, 0.2) is 22.9 Å². The van der Waals surface area contributed by atoms with E-state index in [1.807, 2.05) is 6.07 Å². The number of fused-ring (bicyclic) bond motifs is 1. The number of halogens is 3. The fourth-order valence-electron chi connectivity index (χ4n) is 3.27. The van der Waals surface area contributed by atoms with Crippen molar-refractivity contribution in [2.24, 2.45) is 0 Å². The number of furan rings is 1. The maximum atomic E-state index is 14.0. The van der Waals surface area contributed by atoms with Crippen molar-refractivity contribution in [3.63, 3.8) is 0 Å². The molecule has 14 heteroatoms. The lowest BCUT2D eigenvalue weighted by atomic mass is 10.2. The predicted octanol–water partition coefficient (Wildman–Crippen LogP) is 3.13. The second-order valence-electron chi connectivity index (χ2n) is 6.77. The van der Waals surface area contributed by atoms with Crippen molar-refractivity contribution in [3.05, 3.63) is 72.3 Å². The minimum absolute atomic E-state index is 0.00515. The van der Waals surface area contributed by atoms with E-state index in [9.17, 15) is 23.2 Å². The van der Waals surface area contributed by atoms with Gasteiger partial charge in [0.25, 0.3) is 5.91 Å². The Morgan fingerprint density at radius 2 is 1.85 bits per heavy atom. The molecule has 1 amide bonds. The number of nitrogens with one attached hydrogen (secondary N) is 1. The lowest BCUT2D eigenvalue weighted by Crippen LogP contribution is -2.21. The van der Waals surface area contributed by atoms with Crippen LogP contribution in [0.2, 0.25) is 0 Å². The molecule has 0 atom stereocenters. The molecule has 0 aliphatic carbocycles. The second-order valence-corrected chi connectivity index (χ2v) is 6.77. The molecule has 0 aliphatic heterocycles. The summed E-state index contributed by atoms with van der Waals surface area (Å²) in [6.45, 7) is 0. The highest BCUT2D eigenvalue weighted by Crippen LogP contribution is 2.35. The van der Waals surface area contributed by atoms with Crippen LogP contribution in [0.25, 0.3) is 22.6 Å². The maximum Gasteiger partial charge on any atom is 0.434 e. The van der Waals surface area contributed by atoms with Crippen molar-refractivity contribution in [2.75, 3.05) is 5.32 Å². The Labute approximate surface area is 187 Å². The molecule has 5 heterocycles. The van der Waals surface area contributed by atoms with Gasteiger partial charge in [-0.15, -0.1) is 4.80 Å². The van der Waals surface area contributed by atoms with Crippen LogP contribution in [0.15, 0.2) is 59.9 Å². The third-order valence-corrected chi connectivity index (χ3v) is 4.69. The van der Waals surface area contributed by atoms with Gasteiger partial charge in [0.2, 0.25) is 0 Å². The number of nitriles is 1. The quantitative estimate of drug-likeness (QED) is 0.427. The van der Waals surface area contributed by atoms with E-state index in [0.29, 0.717) is 10.1 Å². The summed E-state index contributed by atoms with van der Waals surface area (Å²) in [6.07, 6.45) is 2.37. The summed E-state index contributed by atoms with van der Waals surface area (Å²) in [5.41, 5.74) is -2.03. The molecular formula is C20H10F3N9O2. The number of anilines is 1. The Morgan fingerprint density at radius 1 is 1.06 bits per heavy atom. The summed E-state index contributed by atoms with van der Waals surface area (Å²) in [6, 6.07) is 6.25. The SMILES string of the molecule is N#Cc1cc(NC(=O)c2cnn(-c3nccc4ccoc34)c2C(F)(F)F)cnc1-n1nccn1. The van der Waals surface area contributed by atoms with Gasteiger partial charge >= 0.3 is 6.18 Å². The standard InChI is InChI=1S/C20H10F3N9O2/c21-20(22,23)16-14(10-29-31(16)18-15-11(1-3-25-18)2-6-34-15)19(33)30-13-7-12(8-24)17(26-9-13)32-27-4-5-28-32/h1-7,9-10H,(H,30,33). The van der Waals surface area contributed by atoms with Gasteiger partial charge in [-0.05, 0) is 18.2 Å². The second kappa shape index (κ2) is 7.81. The van der Waals surface area contributed by atoms with E-state index in [1.54, 1.807) is 12.1 Å². The zero-order chi connectivity index (χ0) is 23.9. The van der Waals surface area contributed by atoms with Crippen molar-refractivity contribution in [1.29, 1.82) is 5.26 Å². The molecule has 1 N–H and O–H groups in total. The first-order valence-electron chi connectivity index (χ1n) is 9.43. The molecule has 34 heavy (non-hydrogen) atoms. The summed E-state index contributed by atoms with van der Waals surface area (Å²) in [4.78, 5) is 21.9. The van der Waals surface area contributed by atoms with Crippen LogP contribution in [0.1, 0.15) is 21.6 Å². The van der Waals surface area contributed by atoms with E-state index in [1.165, 1.54) is 37.1 Å². The van der Waals surface area contributed by atoms with Crippen molar-refractivity contribution in [1.82, 2.24) is 34.7 Å². The first-order chi connectivity index (χ1) is 16.4. The maximum absolute atomic E-state index is 14.0. The number of hydrogen-bond donors (Lipinski definition) is 1. The van der Waals surface area contributed by atoms with E-state index >= 15 is 0 Å². The van der Waals surface area contributed by atoms with Crippen LogP contribution in [0.3, 0.4) is 0 Å². The highest BCUT2D eigenvalue weighted by molar-refractivity contribution is 6.05. The van der Waals surface area contributed by atoms with Crippen LogP contribution in [-0.2, 0) is 6.18 Å². The molecule has 0 bridgehead atoms. The Morgan fingerprint density at radius 3 is 2.59 bits per heavy atom. The number of carbonyl (C=O) groups excluding carboxylic acids is 1. The number of alkyl halides is 3. The summed E-state index contributed by atoms with van der Waals surface area (Å²) >= 11 is 0. The van der Waals surface area contributed by atoms with Crippen LogP contribution in [0, 0.1) is 11.3 Å². The minimum atomic E-state index is -4.95. The minimum Gasteiger partial charge on any atom is -0.460 e. The predicted molar refractivity (Wildman–Crippen MR) is 108 cm³/mol. The zero-order valence-corrected chi connectivity index (χ0v) is 16.7. The fourth-order valence-corrected chi connectivity index (χ4v) is 3.27. The largest absolute Gasteiger partial charge is 0.460 e. The number of carbonyl (C=O) groups is 1. The van der Waals surface area contributed by atoms with E-state index in [4.69, 9.17) is 4.42 Å². The molecule has 0 fully saturated rings. The van der Waals surface area contributed by atoms with Gasteiger partial charge in [0.05, 0.1) is 42.3 Å². The van der Waals surface area contributed by atoms with Gasteiger partial charge in [0.1, 0.15) is 11.6 Å². The van der Waals surface area contributed by atoms with Gasteiger partial charge in [-0.1, -0.05) is 0 Å². The van der Waals surface area contributed by atoms with Crippen LogP contribution >= 0.6 is 0 Å². The van der Waals surface area contributed by atoms with Crippen LogP contribution in [-0.4, -0.2) is 40.6 Å². The number of aromatic nitrogens is 7. The molecule has 0 saturated carbocycles. The van der Waals surface area contributed by atoms with Crippen LogP contribution < -0.4 is 5.32 Å².